The predicted molar refractivity (Wildman–Crippen MR) is 82.0 cm³/mol. The van der Waals surface area contributed by atoms with Crippen molar-refractivity contribution in [3.63, 3.8) is 0 Å². The van der Waals surface area contributed by atoms with Crippen LogP contribution >= 0.6 is 0 Å². The third-order valence-corrected chi connectivity index (χ3v) is 4.18. The lowest BCUT2D eigenvalue weighted by molar-refractivity contribution is -0.130. The monoisotopic (exact) mass is 307 g/mol. The molecule has 0 aliphatic carbocycles. The summed E-state index contributed by atoms with van der Waals surface area (Å²) in [5.41, 5.74) is 5.27. The van der Waals surface area contributed by atoms with E-state index >= 15 is 0 Å². The van der Waals surface area contributed by atoms with Crippen molar-refractivity contribution < 1.29 is 14.0 Å². The van der Waals surface area contributed by atoms with Gasteiger partial charge in [-0.05, 0) is 5.92 Å². The SMILES string of the molecule is C[C@@H]1CN(C(=O)CCc2ncc(C(C)(C)C)o2)C[C@H]1C(N)=O. The minimum atomic E-state index is -0.328. The second-order valence-corrected chi connectivity index (χ2v) is 7.15. The number of aromatic nitrogens is 1. The molecule has 1 aromatic heterocycles. The quantitative estimate of drug-likeness (QED) is 0.912. The molecule has 1 fully saturated rings. The lowest BCUT2D eigenvalue weighted by atomic mass is 9.94. The summed E-state index contributed by atoms with van der Waals surface area (Å²) in [6.45, 7) is 9.12. The van der Waals surface area contributed by atoms with Gasteiger partial charge in [0.2, 0.25) is 11.8 Å². The first-order chi connectivity index (χ1) is 10.2. The molecule has 1 aliphatic rings. The molecule has 0 unspecified atom stereocenters. The summed E-state index contributed by atoms with van der Waals surface area (Å²) >= 11 is 0. The Hall–Kier alpha value is -1.85. The molecule has 2 rings (SSSR count). The highest BCUT2D eigenvalue weighted by atomic mass is 16.4. The highest BCUT2D eigenvalue weighted by Crippen LogP contribution is 2.25. The van der Waals surface area contributed by atoms with Crippen molar-refractivity contribution >= 4 is 11.8 Å². The van der Waals surface area contributed by atoms with Crippen molar-refractivity contribution in [3.8, 4) is 0 Å². The van der Waals surface area contributed by atoms with Gasteiger partial charge < -0.3 is 15.1 Å². The Morgan fingerprint density at radius 1 is 1.41 bits per heavy atom. The fraction of sp³-hybridized carbons (Fsp3) is 0.688. The van der Waals surface area contributed by atoms with Crippen LogP contribution in [0.4, 0.5) is 0 Å². The van der Waals surface area contributed by atoms with E-state index in [1.54, 1.807) is 11.1 Å². The van der Waals surface area contributed by atoms with Crippen molar-refractivity contribution in [2.24, 2.45) is 17.6 Å². The molecule has 0 aromatic carbocycles. The maximum Gasteiger partial charge on any atom is 0.223 e. The molecule has 1 aliphatic heterocycles. The number of hydrogen-bond acceptors (Lipinski definition) is 4. The fourth-order valence-corrected chi connectivity index (χ4v) is 2.69. The third kappa shape index (κ3) is 3.67. The van der Waals surface area contributed by atoms with Crippen LogP contribution in [0.5, 0.6) is 0 Å². The molecular weight excluding hydrogens is 282 g/mol. The van der Waals surface area contributed by atoms with E-state index in [4.69, 9.17) is 10.2 Å². The van der Waals surface area contributed by atoms with Gasteiger partial charge in [0, 0.05) is 31.3 Å². The van der Waals surface area contributed by atoms with Crippen LogP contribution in [0.3, 0.4) is 0 Å². The number of nitrogens with zero attached hydrogens (tertiary/aromatic N) is 2. The zero-order valence-electron chi connectivity index (χ0n) is 13.8. The van der Waals surface area contributed by atoms with E-state index < -0.39 is 0 Å². The van der Waals surface area contributed by atoms with Crippen molar-refractivity contribution in [1.82, 2.24) is 9.88 Å². The minimum Gasteiger partial charge on any atom is -0.445 e. The van der Waals surface area contributed by atoms with Crippen molar-refractivity contribution in [1.29, 1.82) is 0 Å². The van der Waals surface area contributed by atoms with Crippen LogP contribution in [0.15, 0.2) is 10.6 Å². The number of carbonyl (C=O) groups is 2. The highest BCUT2D eigenvalue weighted by molar-refractivity contribution is 5.81. The van der Waals surface area contributed by atoms with Gasteiger partial charge in [-0.3, -0.25) is 9.59 Å². The molecule has 2 heterocycles. The Kier molecular flexibility index (Phi) is 4.58. The molecular formula is C16H25N3O3. The summed E-state index contributed by atoms with van der Waals surface area (Å²) in [5, 5.41) is 0. The van der Waals surface area contributed by atoms with E-state index in [9.17, 15) is 9.59 Å². The molecule has 2 amide bonds. The summed E-state index contributed by atoms with van der Waals surface area (Å²) in [7, 11) is 0. The van der Waals surface area contributed by atoms with E-state index in [-0.39, 0.29) is 29.1 Å². The summed E-state index contributed by atoms with van der Waals surface area (Å²) in [6, 6.07) is 0. The maximum atomic E-state index is 12.2. The molecule has 6 nitrogen and oxygen atoms in total. The van der Waals surface area contributed by atoms with Gasteiger partial charge in [0.1, 0.15) is 5.76 Å². The molecule has 2 atom stereocenters. The van der Waals surface area contributed by atoms with Crippen LogP contribution in [0.2, 0.25) is 0 Å². The molecule has 22 heavy (non-hydrogen) atoms. The smallest absolute Gasteiger partial charge is 0.223 e. The molecule has 2 N–H and O–H groups in total. The average molecular weight is 307 g/mol. The summed E-state index contributed by atoms with van der Waals surface area (Å²) in [6.07, 6.45) is 2.53. The maximum absolute atomic E-state index is 12.2. The number of carbonyl (C=O) groups excluding carboxylic acids is 2. The number of hydrogen-bond donors (Lipinski definition) is 1. The van der Waals surface area contributed by atoms with Crippen LogP contribution in [-0.4, -0.2) is 34.8 Å². The number of oxazole rings is 1. The fourth-order valence-electron chi connectivity index (χ4n) is 2.69. The Labute approximate surface area is 131 Å². The third-order valence-electron chi connectivity index (χ3n) is 4.18. The van der Waals surface area contributed by atoms with Crippen molar-refractivity contribution in [2.45, 2.75) is 46.0 Å². The van der Waals surface area contributed by atoms with Gasteiger partial charge in [0.25, 0.3) is 0 Å². The predicted octanol–water partition coefficient (Wildman–Crippen LogP) is 1.48. The Balaban J connectivity index is 1.88. The molecule has 0 spiro atoms. The zero-order valence-corrected chi connectivity index (χ0v) is 13.8. The first kappa shape index (κ1) is 16.5. The highest BCUT2D eigenvalue weighted by Gasteiger charge is 2.35. The molecule has 0 bridgehead atoms. The van der Waals surface area contributed by atoms with Crippen LogP contribution in [-0.2, 0) is 21.4 Å². The normalized spacial score (nSPS) is 22.1. The summed E-state index contributed by atoms with van der Waals surface area (Å²) in [5.74, 6) is 0.973. The van der Waals surface area contributed by atoms with Crippen LogP contribution in [0, 0.1) is 11.8 Å². The Morgan fingerprint density at radius 2 is 2.09 bits per heavy atom. The van der Waals surface area contributed by atoms with Gasteiger partial charge in [-0.2, -0.15) is 0 Å². The summed E-state index contributed by atoms with van der Waals surface area (Å²) in [4.78, 5) is 29.5. The molecule has 6 heteroatoms. The second kappa shape index (κ2) is 6.10. The lowest BCUT2D eigenvalue weighted by Crippen LogP contribution is -2.32. The van der Waals surface area contributed by atoms with Gasteiger partial charge in [0.15, 0.2) is 5.89 Å². The van der Waals surface area contributed by atoms with Gasteiger partial charge in [-0.15, -0.1) is 0 Å². The van der Waals surface area contributed by atoms with E-state index in [1.807, 2.05) is 6.92 Å². The largest absolute Gasteiger partial charge is 0.445 e. The molecule has 0 radical (unpaired) electrons. The van der Waals surface area contributed by atoms with Crippen molar-refractivity contribution in [2.75, 3.05) is 13.1 Å². The minimum absolute atomic E-state index is 0.0195. The van der Waals surface area contributed by atoms with E-state index in [2.05, 4.69) is 25.8 Å². The standard InChI is InChI=1S/C16H25N3O3/c1-10-8-19(9-11(10)15(17)21)14(20)6-5-13-18-7-12(22-13)16(2,3)4/h7,10-11H,5-6,8-9H2,1-4H3,(H2,17,21)/t10-,11-/m1/s1. The van der Waals surface area contributed by atoms with E-state index in [0.717, 1.165) is 5.76 Å². The zero-order chi connectivity index (χ0) is 16.5. The van der Waals surface area contributed by atoms with Gasteiger partial charge in [-0.1, -0.05) is 27.7 Å². The second-order valence-electron chi connectivity index (χ2n) is 7.15. The first-order valence-corrected chi connectivity index (χ1v) is 7.70. The number of nitrogens with two attached hydrogens (primary N) is 1. The molecule has 1 saturated heterocycles. The van der Waals surface area contributed by atoms with Gasteiger partial charge >= 0.3 is 0 Å². The number of primary amides is 1. The number of likely N-dealkylation sites (tertiary alicyclic amines) is 1. The number of amides is 2. The van der Waals surface area contributed by atoms with E-state index in [0.29, 0.717) is 31.8 Å². The van der Waals surface area contributed by atoms with Crippen LogP contribution in [0.1, 0.15) is 45.8 Å². The van der Waals surface area contributed by atoms with Crippen molar-refractivity contribution in [3.05, 3.63) is 17.8 Å². The topological polar surface area (TPSA) is 89.4 Å². The Morgan fingerprint density at radius 3 is 2.59 bits per heavy atom. The first-order valence-electron chi connectivity index (χ1n) is 7.70. The molecule has 1 aromatic rings. The summed E-state index contributed by atoms with van der Waals surface area (Å²) < 4.78 is 5.69. The Bertz CT molecular complexity index is 559. The molecule has 122 valence electrons. The average Bonchev–Trinajstić information content (AvgIpc) is 3.01. The lowest BCUT2D eigenvalue weighted by Gasteiger charge is -2.15. The van der Waals surface area contributed by atoms with Crippen LogP contribution in [0.25, 0.3) is 0 Å². The van der Waals surface area contributed by atoms with Gasteiger partial charge in [0.05, 0.1) is 12.1 Å². The number of rotatable bonds is 4. The molecule has 0 saturated carbocycles. The van der Waals surface area contributed by atoms with Crippen LogP contribution < -0.4 is 5.73 Å². The number of aryl methyl sites for hydroxylation is 1. The van der Waals surface area contributed by atoms with E-state index in [1.165, 1.54) is 0 Å². The van der Waals surface area contributed by atoms with Gasteiger partial charge in [-0.25, -0.2) is 4.98 Å².